The van der Waals surface area contributed by atoms with Crippen LogP contribution in [0.1, 0.15) is 76.1 Å². The van der Waals surface area contributed by atoms with Crippen molar-refractivity contribution in [1.82, 2.24) is 15.3 Å². The van der Waals surface area contributed by atoms with E-state index in [-0.39, 0.29) is 37.1 Å². The maximum Gasteiger partial charge on any atom is 0.329 e. The quantitative estimate of drug-likeness (QED) is 0.135. The lowest BCUT2D eigenvalue weighted by atomic mass is 10.1. The van der Waals surface area contributed by atoms with Crippen molar-refractivity contribution >= 4 is 46.0 Å². The van der Waals surface area contributed by atoms with E-state index in [1.54, 1.807) is 115 Å². The largest absolute Gasteiger partial charge is 0.459 e. The van der Waals surface area contributed by atoms with Gasteiger partial charge in [0, 0.05) is 29.9 Å². The number of para-hydroxylation sites is 1. The maximum absolute atomic E-state index is 13.6. The van der Waals surface area contributed by atoms with E-state index in [2.05, 4.69) is 21.2 Å². The maximum atomic E-state index is 13.6. The van der Waals surface area contributed by atoms with Crippen LogP contribution in [-0.4, -0.2) is 64.1 Å². The molecule has 53 heavy (non-hydrogen) atoms. The van der Waals surface area contributed by atoms with Gasteiger partial charge in [-0.25, -0.2) is 9.78 Å². The van der Waals surface area contributed by atoms with E-state index in [1.807, 2.05) is 11.0 Å². The summed E-state index contributed by atoms with van der Waals surface area (Å²) < 4.78 is 11.1. The highest BCUT2D eigenvalue weighted by atomic mass is 16.6. The number of hydrogen-bond acceptors (Lipinski definition) is 9. The molecule has 0 aliphatic carbocycles. The van der Waals surface area contributed by atoms with E-state index in [0.29, 0.717) is 29.0 Å². The zero-order chi connectivity index (χ0) is 38.9. The first-order valence-corrected chi connectivity index (χ1v) is 17.3. The Balaban J connectivity index is 1.50. The van der Waals surface area contributed by atoms with Gasteiger partial charge in [0.2, 0.25) is 5.91 Å². The number of benzene rings is 3. The molecule has 0 aliphatic heterocycles. The van der Waals surface area contributed by atoms with E-state index in [0.717, 1.165) is 11.3 Å². The standard InChI is InChI=1S/C41H47N5O7/c1-9-23-45(25-28-15-20-33-32(24-28)38(50)43-27(2)42-33)30-18-16-29(17-19-30)37(49)44-34(39(51)53-41(6,7)8)21-22-35(47)46(31-13-11-10-12-14-31)26-36(48)52-40(3,4)5/h1,10-20,24,34H,21-23,25-26H2,2-8H3,(H,44,49)(H,42,43,50)/t34-/m0/s1. The summed E-state index contributed by atoms with van der Waals surface area (Å²) in [5.41, 5.74) is 1.10. The highest BCUT2D eigenvalue weighted by molar-refractivity contribution is 5.99. The fraction of sp³-hybridized carbons (Fsp3) is 0.366. The molecule has 0 bridgehead atoms. The van der Waals surface area contributed by atoms with Gasteiger partial charge in [-0.2, -0.15) is 0 Å². The van der Waals surface area contributed by atoms with Crippen LogP contribution in [0.4, 0.5) is 11.4 Å². The molecule has 12 heteroatoms. The summed E-state index contributed by atoms with van der Waals surface area (Å²) in [5, 5.41) is 3.21. The number of amides is 2. The van der Waals surface area contributed by atoms with Crippen molar-refractivity contribution in [2.24, 2.45) is 0 Å². The molecule has 0 fully saturated rings. The number of aromatic amines is 1. The fourth-order valence-electron chi connectivity index (χ4n) is 5.49. The van der Waals surface area contributed by atoms with Crippen LogP contribution in [0.25, 0.3) is 10.9 Å². The van der Waals surface area contributed by atoms with Crippen molar-refractivity contribution in [3.63, 3.8) is 0 Å². The third-order valence-electron chi connectivity index (χ3n) is 7.76. The van der Waals surface area contributed by atoms with Gasteiger partial charge in [-0.1, -0.05) is 30.2 Å². The lowest BCUT2D eigenvalue weighted by molar-refractivity contribution is -0.157. The number of aromatic nitrogens is 2. The van der Waals surface area contributed by atoms with Crippen molar-refractivity contribution in [1.29, 1.82) is 0 Å². The van der Waals surface area contributed by atoms with Crippen molar-refractivity contribution in [3.8, 4) is 12.3 Å². The normalized spacial score (nSPS) is 12.0. The molecule has 4 rings (SSSR count). The summed E-state index contributed by atoms with van der Waals surface area (Å²) >= 11 is 0. The smallest absolute Gasteiger partial charge is 0.329 e. The van der Waals surface area contributed by atoms with Crippen LogP contribution in [0.3, 0.4) is 0 Å². The van der Waals surface area contributed by atoms with Crippen LogP contribution < -0.4 is 20.7 Å². The molecule has 2 N–H and O–H groups in total. The third kappa shape index (κ3) is 11.8. The zero-order valence-electron chi connectivity index (χ0n) is 31.3. The summed E-state index contributed by atoms with van der Waals surface area (Å²) in [6.45, 7) is 12.4. The van der Waals surface area contributed by atoms with E-state index >= 15 is 0 Å². The Bertz CT molecular complexity index is 2040. The molecule has 1 aromatic heterocycles. The highest BCUT2D eigenvalue weighted by Gasteiger charge is 2.30. The molecular formula is C41H47N5O7. The number of hydrogen-bond donors (Lipinski definition) is 2. The number of carbonyl (C=O) groups is 4. The molecule has 0 saturated heterocycles. The van der Waals surface area contributed by atoms with Gasteiger partial charge in [-0.15, -0.1) is 6.42 Å². The average Bonchev–Trinajstić information content (AvgIpc) is 3.07. The number of H-pyrrole nitrogens is 1. The monoisotopic (exact) mass is 721 g/mol. The van der Waals surface area contributed by atoms with Crippen LogP contribution in [0.2, 0.25) is 0 Å². The van der Waals surface area contributed by atoms with Gasteiger partial charge in [0.25, 0.3) is 11.5 Å². The molecular weight excluding hydrogens is 674 g/mol. The first kappa shape index (κ1) is 39.8. The van der Waals surface area contributed by atoms with Crippen molar-refractivity contribution in [2.75, 3.05) is 22.9 Å². The number of rotatable bonds is 13. The number of carbonyl (C=O) groups excluding carboxylic acids is 4. The van der Waals surface area contributed by atoms with E-state index in [4.69, 9.17) is 15.9 Å². The Kier molecular flexibility index (Phi) is 12.8. The molecule has 0 unspecified atom stereocenters. The third-order valence-corrected chi connectivity index (χ3v) is 7.76. The van der Waals surface area contributed by atoms with Crippen molar-refractivity contribution < 1.29 is 28.7 Å². The molecule has 0 spiro atoms. The number of esters is 2. The Morgan fingerprint density at radius 3 is 2.19 bits per heavy atom. The van der Waals surface area contributed by atoms with Gasteiger partial charge >= 0.3 is 11.9 Å². The van der Waals surface area contributed by atoms with Crippen LogP contribution in [-0.2, 0) is 30.4 Å². The first-order valence-electron chi connectivity index (χ1n) is 17.3. The van der Waals surface area contributed by atoms with Crippen LogP contribution in [0, 0.1) is 19.3 Å². The van der Waals surface area contributed by atoms with Crippen LogP contribution in [0.5, 0.6) is 0 Å². The predicted molar refractivity (Wildman–Crippen MR) is 204 cm³/mol. The number of nitrogens with zero attached hydrogens (tertiary/aromatic N) is 3. The second-order valence-electron chi connectivity index (χ2n) is 14.6. The number of nitrogens with one attached hydrogen (secondary N) is 2. The minimum absolute atomic E-state index is 0.0884. The fourth-order valence-corrected chi connectivity index (χ4v) is 5.49. The SMILES string of the molecule is C#CCN(Cc1ccc2nc(C)[nH]c(=O)c2c1)c1ccc(C(=O)N[C@@H](CCC(=O)N(CC(=O)OC(C)(C)C)c2ccccc2)C(=O)OC(C)(C)C)cc1. The van der Waals surface area contributed by atoms with Crippen molar-refractivity contribution in [2.45, 2.75) is 85.1 Å². The van der Waals surface area contributed by atoms with Gasteiger partial charge in [-0.3, -0.25) is 19.2 Å². The van der Waals surface area contributed by atoms with Gasteiger partial charge < -0.3 is 29.6 Å². The molecule has 278 valence electrons. The van der Waals surface area contributed by atoms with E-state index in [9.17, 15) is 24.0 Å². The van der Waals surface area contributed by atoms with Crippen LogP contribution in [0.15, 0.2) is 77.6 Å². The minimum atomic E-state index is -1.17. The lowest BCUT2D eigenvalue weighted by Crippen LogP contribution is -2.45. The molecule has 12 nitrogen and oxygen atoms in total. The number of fused-ring (bicyclic) bond motifs is 1. The molecule has 1 heterocycles. The topological polar surface area (TPSA) is 151 Å². The summed E-state index contributed by atoms with van der Waals surface area (Å²) in [7, 11) is 0. The number of ether oxygens (including phenoxy) is 2. The van der Waals surface area contributed by atoms with E-state index < -0.39 is 41.0 Å². The van der Waals surface area contributed by atoms with Gasteiger partial charge in [0.1, 0.15) is 29.6 Å². The van der Waals surface area contributed by atoms with E-state index in [1.165, 1.54) is 4.90 Å². The minimum Gasteiger partial charge on any atom is -0.459 e. The summed E-state index contributed by atoms with van der Waals surface area (Å²) in [6, 6.07) is 19.7. The second kappa shape index (κ2) is 17.0. The molecule has 0 aliphatic rings. The number of terminal acetylenes is 1. The Labute approximate surface area is 309 Å². The lowest BCUT2D eigenvalue weighted by Gasteiger charge is -2.27. The number of anilines is 2. The van der Waals surface area contributed by atoms with Crippen LogP contribution >= 0.6 is 0 Å². The summed E-state index contributed by atoms with van der Waals surface area (Å²) in [5.74, 6) is 0.914. The Hall–Kier alpha value is -5.96. The molecule has 0 saturated carbocycles. The molecule has 3 aromatic carbocycles. The second-order valence-corrected chi connectivity index (χ2v) is 14.6. The van der Waals surface area contributed by atoms with Crippen molar-refractivity contribution in [3.05, 3.63) is 100 Å². The molecule has 4 aromatic rings. The summed E-state index contributed by atoms with van der Waals surface area (Å²) in [6.07, 6.45) is 5.42. The average molecular weight is 722 g/mol. The Morgan fingerprint density at radius 1 is 0.906 bits per heavy atom. The molecule has 0 radical (unpaired) electrons. The predicted octanol–water partition coefficient (Wildman–Crippen LogP) is 5.47. The molecule has 2 amide bonds. The Morgan fingerprint density at radius 2 is 1.57 bits per heavy atom. The highest BCUT2D eigenvalue weighted by Crippen LogP contribution is 2.22. The van der Waals surface area contributed by atoms with Gasteiger partial charge in [0.15, 0.2) is 0 Å². The zero-order valence-corrected chi connectivity index (χ0v) is 31.3. The molecule has 1 atom stereocenters. The first-order chi connectivity index (χ1) is 24.9. The van der Waals surface area contributed by atoms with Gasteiger partial charge in [0.05, 0.1) is 17.4 Å². The summed E-state index contributed by atoms with van der Waals surface area (Å²) in [4.78, 5) is 76.1. The number of aryl methyl sites for hydroxylation is 1. The van der Waals surface area contributed by atoms with Gasteiger partial charge in [-0.05, 0) is 109 Å².